The zero-order valence-electron chi connectivity index (χ0n) is 8.03. The van der Waals surface area contributed by atoms with Gasteiger partial charge in [0.25, 0.3) is 0 Å². The molecule has 0 aliphatic carbocycles. The van der Waals surface area contributed by atoms with Crippen LogP contribution in [0.2, 0.25) is 5.28 Å². The quantitative estimate of drug-likeness (QED) is 0.720. The fourth-order valence-electron chi connectivity index (χ4n) is 1.42. The van der Waals surface area contributed by atoms with Crippen molar-refractivity contribution in [2.24, 2.45) is 0 Å². The molecule has 0 spiro atoms. The first-order valence-electron chi connectivity index (χ1n) is 4.33. The average Bonchev–Trinajstić information content (AvgIpc) is 2.48. The van der Waals surface area contributed by atoms with Crippen molar-refractivity contribution in [2.75, 3.05) is 0 Å². The van der Waals surface area contributed by atoms with E-state index >= 15 is 0 Å². The Labute approximate surface area is 87.3 Å². The van der Waals surface area contributed by atoms with E-state index < -0.39 is 0 Å². The number of halogens is 1. The molecule has 0 atom stereocenters. The summed E-state index contributed by atoms with van der Waals surface area (Å²) in [7, 11) is 0. The van der Waals surface area contributed by atoms with Gasteiger partial charge in [-0.3, -0.25) is 4.57 Å². The molecular formula is C10H10ClN3. The summed E-state index contributed by atoms with van der Waals surface area (Å²) in [6, 6.07) is 7.99. The molecule has 0 fully saturated rings. The second-order valence-electron chi connectivity index (χ2n) is 3.14. The van der Waals surface area contributed by atoms with Crippen molar-refractivity contribution in [3.8, 4) is 5.69 Å². The van der Waals surface area contributed by atoms with Crippen LogP contribution in [0, 0.1) is 13.8 Å². The topological polar surface area (TPSA) is 30.7 Å². The van der Waals surface area contributed by atoms with Gasteiger partial charge in [0.2, 0.25) is 5.28 Å². The van der Waals surface area contributed by atoms with E-state index in [0.717, 1.165) is 17.1 Å². The molecule has 1 heterocycles. The maximum Gasteiger partial charge on any atom is 0.229 e. The Morgan fingerprint density at radius 2 is 1.86 bits per heavy atom. The van der Waals surface area contributed by atoms with Crippen LogP contribution in [0.3, 0.4) is 0 Å². The van der Waals surface area contributed by atoms with Crippen LogP contribution >= 0.6 is 11.6 Å². The molecule has 2 aromatic rings. The lowest BCUT2D eigenvalue weighted by atomic mass is 10.2. The van der Waals surface area contributed by atoms with Gasteiger partial charge in [0.05, 0.1) is 5.69 Å². The number of benzene rings is 1. The molecule has 72 valence electrons. The van der Waals surface area contributed by atoms with Gasteiger partial charge in [-0.2, -0.15) is 0 Å². The number of nitrogens with zero attached hydrogens (tertiary/aromatic N) is 3. The van der Waals surface area contributed by atoms with Crippen LogP contribution in [0.15, 0.2) is 24.3 Å². The zero-order chi connectivity index (χ0) is 10.1. The smallest absolute Gasteiger partial charge is 0.229 e. The maximum atomic E-state index is 5.94. The van der Waals surface area contributed by atoms with E-state index in [0.29, 0.717) is 5.28 Å². The number of rotatable bonds is 1. The van der Waals surface area contributed by atoms with E-state index in [4.69, 9.17) is 11.6 Å². The molecule has 1 aromatic heterocycles. The number of para-hydroxylation sites is 1. The van der Waals surface area contributed by atoms with Gasteiger partial charge in [0.1, 0.15) is 5.82 Å². The number of aromatic nitrogens is 3. The van der Waals surface area contributed by atoms with Crippen LogP contribution in [0.4, 0.5) is 0 Å². The van der Waals surface area contributed by atoms with Gasteiger partial charge in [0.15, 0.2) is 0 Å². The summed E-state index contributed by atoms with van der Waals surface area (Å²) in [5.74, 6) is 0.796. The Kier molecular flexibility index (Phi) is 2.25. The average molecular weight is 208 g/mol. The van der Waals surface area contributed by atoms with Gasteiger partial charge in [-0.1, -0.05) is 18.2 Å². The molecular weight excluding hydrogens is 198 g/mol. The molecule has 0 saturated heterocycles. The fraction of sp³-hybridized carbons (Fsp3) is 0.200. The van der Waals surface area contributed by atoms with Crippen molar-refractivity contribution in [1.82, 2.24) is 14.8 Å². The maximum absolute atomic E-state index is 5.94. The molecule has 0 unspecified atom stereocenters. The first kappa shape index (κ1) is 9.21. The summed E-state index contributed by atoms with van der Waals surface area (Å²) in [5, 5.41) is 8.13. The van der Waals surface area contributed by atoms with Crippen LogP contribution in [-0.2, 0) is 0 Å². The predicted octanol–water partition coefficient (Wildman–Crippen LogP) is 2.54. The third-order valence-corrected chi connectivity index (χ3v) is 2.39. The number of hydrogen-bond acceptors (Lipinski definition) is 2. The summed E-state index contributed by atoms with van der Waals surface area (Å²) in [4.78, 5) is 0. The molecule has 3 nitrogen and oxygen atoms in total. The van der Waals surface area contributed by atoms with Gasteiger partial charge < -0.3 is 0 Å². The fourth-order valence-corrected chi connectivity index (χ4v) is 1.68. The van der Waals surface area contributed by atoms with Crippen molar-refractivity contribution in [1.29, 1.82) is 0 Å². The van der Waals surface area contributed by atoms with Crippen molar-refractivity contribution >= 4 is 11.6 Å². The van der Waals surface area contributed by atoms with Gasteiger partial charge in [-0.15, -0.1) is 10.2 Å². The van der Waals surface area contributed by atoms with E-state index in [2.05, 4.69) is 10.2 Å². The Bertz CT molecular complexity index is 443. The molecule has 0 N–H and O–H groups in total. The van der Waals surface area contributed by atoms with E-state index in [-0.39, 0.29) is 0 Å². The van der Waals surface area contributed by atoms with Crippen molar-refractivity contribution in [2.45, 2.75) is 13.8 Å². The predicted molar refractivity (Wildman–Crippen MR) is 55.8 cm³/mol. The summed E-state index contributed by atoms with van der Waals surface area (Å²) in [6.45, 7) is 3.91. The summed E-state index contributed by atoms with van der Waals surface area (Å²) in [5.41, 5.74) is 2.18. The minimum atomic E-state index is 0.400. The highest BCUT2D eigenvalue weighted by atomic mass is 35.5. The van der Waals surface area contributed by atoms with E-state index in [9.17, 15) is 0 Å². The summed E-state index contributed by atoms with van der Waals surface area (Å²) >= 11 is 5.94. The third kappa shape index (κ3) is 1.40. The van der Waals surface area contributed by atoms with Crippen LogP contribution in [0.5, 0.6) is 0 Å². The van der Waals surface area contributed by atoms with Gasteiger partial charge in [0, 0.05) is 0 Å². The largest absolute Gasteiger partial charge is 0.270 e. The molecule has 4 heteroatoms. The van der Waals surface area contributed by atoms with Crippen molar-refractivity contribution < 1.29 is 0 Å². The van der Waals surface area contributed by atoms with E-state index in [1.165, 1.54) is 0 Å². The summed E-state index contributed by atoms with van der Waals surface area (Å²) in [6.07, 6.45) is 0. The van der Waals surface area contributed by atoms with Gasteiger partial charge in [-0.05, 0) is 37.1 Å². The second-order valence-corrected chi connectivity index (χ2v) is 3.48. The Morgan fingerprint density at radius 3 is 2.43 bits per heavy atom. The minimum absolute atomic E-state index is 0.400. The van der Waals surface area contributed by atoms with Crippen molar-refractivity contribution in [3.63, 3.8) is 0 Å². The van der Waals surface area contributed by atoms with Crippen LogP contribution in [0.25, 0.3) is 5.69 Å². The Balaban J connectivity index is 2.66. The molecule has 14 heavy (non-hydrogen) atoms. The van der Waals surface area contributed by atoms with E-state index in [1.54, 1.807) is 0 Å². The highest BCUT2D eigenvalue weighted by Gasteiger charge is 2.09. The molecule has 0 aliphatic heterocycles. The molecule has 0 radical (unpaired) electrons. The highest BCUT2D eigenvalue weighted by Crippen LogP contribution is 2.19. The van der Waals surface area contributed by atoms with Crippen molar-refractivity contribution in [3.05, 3.63) is 40.9 Å². The summed E-state index contributed by atoms with van der Waals surface area (Å²) < 4.78 is 1.83. The lowest BCUT2D eigenvalue weighted by Crippen LogP contribution is -1.99. The van der Waals surface area contributed by atoms with Crippen LogP contribution < -0.4 is 0 Å². The highest BCUT2D eigenvalue weighted by molar-refractivity contribution is 6.28. The molecule has 0 aliphatic rings. The molecule has 0 saturated carbocycles. The Hall–Kier alpha value is -1.35. The molecule has 2 rings (SSSR count). The van der Waals surface area contributed by atoms with Crippen LogP contribution in [0.1, 0.15) is 11.4 Å². The Morgan fingerprint density at radius 1 is 1.14 bits per heavy atom. The minimum Gasteiger partial charge on any atom is -0.270 e. The third-order valence-electron chi connectivity index (χ3n) is 2.14. The second kappa shape index (κ2) is 3.42. The van der Waals surface area contributed by atoms with Gasteiger partial charge >= 0.3 is 0 Å². The van der Waals surface area contributed by atoms with Crippen LogP contribution in [-0.4, -0.2) is 14.8 Å². The van der Waals surface area contributed by atoms with E-state index in [1.807, 2.05) is 42.7 Å². The standard InChI is InChI=1S/C10H10ClN3/c1-7-5-3-4-6-9(7)14-8(2)12-13-10(14)11/h3-6H,1-2H3. The lowest BCUT2D eigenvalue weighted by molar-refractivity contribution is 0.961. The number of aryl methyl sites for hydroxylation is 2. The lowest BCUT2D eigenvalue weighted by Gasteiger charge is -2.07. The zero-order valence-corrected chi connectivity index (χ0v) is 8.78. The van der Waals surface area contributed by atoms with Gasteiger partial charge in [-0.25, -0.2) is 0 Å². The SMILES string of the molecule is Cc1ccccc1-n1c(C)nnc1Cl. The molecule has 0 bridgehead atoms. The monoisotopic (exact) mass is 207 g/mol. The first-order valence-corrected chi connectivity index (χ1v) is 4.71. The molecule has 1 aromatic carbocycles. The first-order chi connectivity index (χ1) is 6.70. The molecule has 0 amide bonds. The normalized spacial score (nSPS) is 10.5. The number of hydrogen-bond donors (Lipinski definition) is 0.